The van der Waals surface area contributed by atoms with Crippen LogP contribution in [-0.2, 0) is 11.3 Å². The molecule has 132 valence electrons. The van der Waals surface area contributed by atoms with Crippen LogP contribution in [0, 0.1) is 0 Å². The van der Waals surface area contributed by atoms with Gasteiger partial charge in [0.15, 0.2) is 5.96 Å². The van der Waals surface area contributed by atoms with E-state index >= 15 is 0 Å². The van der Waals surface area contributed by atoms with Crippen LogP contribution in [-0.4, -0.2) is 54.9 Å². The van der Waals surface area contributed by atoms with Crippen molar-refractivity contribution in [1.82, 2.24) is 15.1 Å². The lowest BCUT2D eigenvalue weighted by atomic mass is 10.2. The summed E-state index contributed by atoms with van der Waals surface area (Å²) in [5.41, 5.74) is 1.07. The molecule has 1 aromatic heterocycles. The molecule has 0 aliphatic carbocycles. The molecule has 0 saturated carbocycles. The quantitative estimate of drug-likeness (QED) is 0.687. The predicted octanol–water partition coefficient (Wildman–Crippen LogP) is 2.19. The Morgan fingerprint density at radius 3 is 2.40 bits per heavy atom. The van der Waals surface area contributed by atoms with E-state index in [4.69, 9.17) is 4.42 Å². The molecule has 2 aromatic rings. The topological polar surface area (TPSA) is 61.1 Å². The fraction of sp³-hybridized carbons (Fsp3) is 0.368. The summed E-state index contributed by atoms with van der Waals surface area (Å²) in [7, 11) is 1.78. The van der Waals surface area contributed by atoms with Crippen LogP contribution in [0.3, 0.4) is 0 Å². The van der Waals surface area contributed by atoms with Crippen molar-refractivity contribution >= 4 is 11.9 Å². The van der Waals surface area contributed by atoms with Crippen molar-refractivity contribution in [3.05, 3.63) is 48.2 Å². The molecule has 0 atom stereocenters. The average molecular weight is 340 g/mol. The molecule has 0 bridgehead atoms. The van der Waals surface area contributed by atoms with Gasteiger partial charge >= 0.3 is 0 Å². The second-order valence-electron chi connectivity index (χ2n) is 6.03. The Morgan fingerprint density at radius 2 is 1.76 bits per heavy atom. The van der Waals surface area contributed by atoms with Gasteiger partial charge in [0, 0.05) is 45.7 Å². The molecule has 1 aromatic carbocycles. The first kappa shape index (κ1) is 17.1. The van der Waals surface area contributed by atoms with Crippen LogP contribution in [0.2, 0.25) is 0 Å². The van der Waals surface area contributed by atoms with Crippen molar-refractivity contribution in [3.8, 4) is 11.3 Å². The van der Waals surface area contributed by atoms with Gasteiger partial charge in [-0.3, -0.25) is 9.79 Å². The third-order valence-electron chi connectivity index (χ3n) is 4.38. The van der Waals surface area contributed by atoms with Crippen molar-refractivity contribution in [1.29, 1.82) is 0 Å². The zero-order valence-corrected chi connectivity index (χ0v) is 14.7. The highest BCUT2D eigenvalue weighted by Crippen LogP contribution is 2.21. The molecule has 25 heavy (non-hydrogen) atoms. The Morgan fingerprint density at radius 1 is 1.08 bits per heavy atom. The maximum absolute atomic E-state index is 11.4. The number of hydrogen-bond acceptors (Lipinski definition) is 3. The predicted molar refractivity (Wildman–Crippen MR) is 98.2 cm³/mol. The van der Waals surface area contributed by atoms with E-state index in [1.54, 1.807) is 14.0 Å². The third-order valence-corrected chi connectivity index (χ3v) is 4.38. The number of amides is 1. The van der Waals surface area contributed by atoms with Gasteiger partial charge in [0.1, 0.15) is 11.5 Å². The minimum atomic E-state index is 0.131. The molecular weight excluding hydrogens is 316 g/mol. The number of carbonyl (C=O) groups excluding carboxylic acids is 1. The molecule has 6 heteroatoms. The van der Waals surface area contributed by atoms with Gasteiger partial charge in [0.05, 0.1) is 6.54 Å². The molecule has 0 radical (unpaired) electrons. The van der Waals surface area contributed by atoms with Crippen LogP contribution < -0.4 is 5.32 Å². The Bertz CT molecular complexity index is 731. The molecule has 1 aliphatic rings. The minimum Gasteiger partial charge on any atom is -0.459 e. The first-order valence-electron chi connectivity index (χ1n) is 8.52. The number of hydrogen-bond donors (Lipinski definition) is 1. The van der Waals surface area contributed by atoms with Crippen molar-refractivity contribution in [2.45, 2.75) is 13.5 Å². The smallest absolute Gasteiger partial charge is 0.219 e. The lowest BCUT2D eigenvalue weighted by Crippen LogP contribution is -2.53. The highest BCUT2D eigenvalue weighted by atomic mass is 16.3. The van der Waals surface area contributed by atoms with Gasteiger partial charge in [-0.05, 0) is 12.1 Å². The molecule has 2 heterocycles. The second-order valence-corrected chi connectivity index (χ2v) is 6.03. The van der Waals surface area contributed by atoms with E-state index in [0.29, 0.717) is 6.54 Å². The van der Waals surface area contributed by atoms with Crippen LogP contribution in [0.4, 0.5) is 0 Å². The van der Waals surface area contributed by atoms with Crippen LogP contribution >= 0.6 is 0 Å². The van der Waals surface area contributed by atoms with Crippen LogP contribution in [0.15, 0.2) is 51.9 Å². The van der Waals surface area contributed by atoms with Crippen molar-refractivity contribution in [2.24, 2.45) is 4.99 Å². The van der Waals surface area contributed by atoms with Crippen LogP contribution in [0.5, 0.6) is 0 Å². The van der Waals surface area contributed by atoms with Crippen LogP contribution in [0.25, 0.3) is 11.3 Å². The summed E-state index contributed by atoms with van der Waals surface area (Å²) >= 11 is 0. The number of rotatable bonds is 3. The van der Waals surface area contributed by atoms with Gasteiger partial charge in [0.2, 0.25) is 5.91 Å². The number of furan rings is 1. The normalized spacial score (nSPS) is 15.4. The number of guanidine groups is 1. The Kier molecular flexibility index (Phi) is 5.38. The molecule has 1 N–H and O–H groups in total. The second kappa shape index (κ2) is 7.88. The van der Waals surface area contributed by atoms with Gasteiger partial charge < -0.3 is 19.5 Å². The monoisotopic (exact) mass is 340 g/mol. The summed E-state index contributed by atoms with van der Waals surface area (Å²) in [4.78, 5) is 19.8. The van der Waals surface area contributed by atoms with Gasteiger partial charge in [-0.2, -0.15) is 0 Å². The maximum Gasteiger partial charge on any atom is 0.219 e. The van der Waals surface area contributed by atoms with Gasteiger partial charge in [-0.25, -0.2) is 0 Å². The zero-order chi connectivity index (χ0) is 17.6. The number of piperazine rings is 1. The van der Waals surface area contributed by atoms with Crippen LogP contribution in [0.1, 0.15) is 12.7 Å². The highest BCUT2D eigenvalue weighted by Gasteiger charge is 2.20. The molecule has 1 amide bonds. The SMILES string of the molecule is CN=C(NCc1ccc(-c2ccccc2)o1)N1CCN(C(C)=O)CC1. The summed E-state index contributed by atoms with van der Waals surface area (Å²) in [5.74, 6) is 2.69. The molecular formula is C19H24N4O2. The standard InChI is InChI=1S/C19H24N4O2/c1-15(24)22-10-12-23(13-11-22)19(20-2)21-14-17-8-9-18(25-17)16-6-4-3-5-7-16/h3-9H,10-14H2,1-2H3,(H,20,21). The van der Waals surface area contributed by atoms with Gasteiger partial charge in [0.25, 0.3) is 0 Å². The first-order chi connectivity index (χ1) is 12.2. The maximum atomic E-state index is 11.4. The summed E-state index contributed by atoms with van der Waals surface area (Å²) in [6.45, 7) is 5.22. The molecule has 0 spiro atoms. The minimum absolute atomic E-state index is 0.131. The van der Waals surface area contributed by atoms with Crippen molar-refractivity contribution in [2.75, 3.05) is 33.2 Å². The molecule has 6 nitrogen and oxygen atoms in total. The number of nitrogens with one attached hydrogen (secondary N) is 1. The van der Waals surface area contributed by atoms with Gasteiger partial charge in [-0.1, -0.05) is 30.3 Å². The van der Waals surface area contributed by atoms with E-state index in [2.05, 4.69) is 15.2 Å². The zero-order valence-electron chi connectivity index (χ0n) is 14.7. The summed E-state index contributed by atoms with van der Waals surface area (Å²) in [6, 6.07) is 14.0. The van der Waals surface area contributed by atoms with E-state index in [1.807, 2.05) is 47.4 Å². The molecule has 0 unspecified atom stereocenters. The highest BCUT2D eigenvalue weighted by molar-refractivity contribution is 5.80. The first-order valence-corrected chi connectivity index (χ1v) is 8.52. The van der Waals surface area contributed by atoms with E-state index in [9.17, 15) is 4.79 Å². The molecule has 3 rings (SSSR count). The number of benzene rings is 1. The summed E-state index contributed by atoms with van der Waals surface area (Å²) in [6.07, 6.45) is 0. The Balaban J connectivity index is 1.56. The van der Waals surface area contributed by atoms with E-state index in [1.165, 1.54) is 0 Å². The van der Waals surface area contributed by atoms with E-state index in [0.717, 1.165) is 49.2 Å². The fourth-order valence-electron chi connectivity index (χ4n) is 2.96. The number of aliphatic imine (C=N–C) groups is 1. The molecule has 1 saturated heterocycles. The number of carbonyl (C=O) groups is 1. The largest absolute Gasteiger partial charge is 0.459 e. The van der Waals surface area contributed by atoms with Crippen molar-refractivity contribution in [3.63, 3.8) is 0 Å². The van der Waals surface area contributed by atoms with Gasteiger partial charge in [-0.15, -0.1) is 0 Å². The third kappa shape index (κ3) is 4.21. The number of nitrogens with zero attached hydrogens (tertiary/aromatic N) is 3. The summed E-state index contributed by atoms with van der Waals surface area (Å²) in [5, 5.41) is 3.34. The molecule has 1 fully saturated rings. The lowest BCUT2D eigenvalue weighted by molar-refractivity contribution is -0.130. The van der Waals surface area contributed by atoms with E-state index < -0.39 is 0 Å². The van der Waals surface area contributed by atoms with E-state index in [-0.39, 0.29) is 5.91 Å². The summed E-state index contributed by atoms with van der Waals surface area (Å²) < 4.78 is 5.91. The molecule has 1 aliphatic heterocycles. The lowest BCUT2D eigenvalue weighted by Gasteiger charge is -2.36. The average Bonchev–Trinajstić information content (AvgIpc) is 3.12. The Hall–Kier alpha value is -2.76. The van der Waals surface area contributed by atoms with Crippen molar-refractivity contribution < 1.29 is 9.21 Å². The fourth-order valence-corrected chi connectivity index (χ4v) is 2.96. The Labute approximate surface area is 148 Å².